The van der Waals surface area contributed by atoms with Crippen molar-refractivity contribution in [2.45, 2.75) is 43.5 Å². The molecule has 2 nitrogen and oxygen atoms in total. The van der Waals surface area contributed by atoms with Gasteiger partial charge in [0.05, 0.1) is 0 Å². The Kier molecular flexibility index (Phi) is 7.48. The van der Waals surface area contributed by atoms with E-state index in [9.17, 15) is 0 Å². The van der Waals surface area contributed by atoms with Crippen molar-refractivity contribution < 1.29 is 4.74 Å². The SMILES string of the molecule is CCCNC(CSc1ccccc1)CC1CCOCC1. The van der Waals surface area contributed by atoms with Gasteiger partial charge >= 0.3 is 0 Å². The first-order valence-corrected chi connectivity index (χ1v) is 8.86. The number of ether oxygens (including phenoxy) is 1. The zero-order valence-corrected chi connectivity index (χ0v) is 13.3. The first-order chi connectivity index (χ1) is 9.88. The van der Waals surface area contributed by atoms with E-state index in [0.29, 0.717) is 6.04 Å². The van der Waals surface area contributed by atoms with Gasteiger partial charge in [0, 0.05) is 29.9 Å². The first-order valence-electron chi connectivity index (χ1n) is 7.87. The lowest BCUT2D eigenvalue weighted by molar-refractivity contribution is 0.0613. The molecule has 1 fully saturated rings. The Bertz CT molecular complexity index is 351. The molecule has 1 atom stereocenters. The van der Waals surface area contributed by atoms with Gasteiger partial charge in [-0.25, -0.2) is 0 Å². The molecule has 0 spiro atoms. The quantitative estimate of drug-likeness (QED) is 0.733. The number of rotatable bonds is 8. The molecular formula is C17H27NOS. The predicted molar refractivity (Wildman–Crippen MR) is 87.4 cm³/mol. The Morgan fingerprint density at radius 1 is 1.25 bits per heavy atom. The van der Waals surface area contributed by atoms with Gasteiger partial charge in [-0.1, -0.05) is 25.1 Å². The van der Waals surface area contributed by atoms with Gasteiger partial charge in [0.15, 0.2) is 0 Å². The van der Waals surface area contributed by atoms with E-state index >= 15 is 0 Å². The molecule has 3 heteroatoms. The normalized spacial score (nSPS) is 18.1. The molecule has 20 heavy (non-hydrogen) atoms. The van der Waals surface area contributed by atoms with Crippen LogP contribution in [-0.2, 0) is 4.74 Å². The fraction of sp³-hybridized carbons (Fsp3) is 0.647. The summed E-state index contributed by atoms with van der Waals surface area (Å²) in [4.78, 5) is 1.38. The van der Waals surface area contributed by atoms with E-state index < -0.39 is 0 Å². The van der Waals surface area contributed by atoms with E-state index in [2.05, 4.69) is 42.6 Å². The molecule has 112 valence electrons. The highest BCUT2D eigenvalue weighted by atomic mass is 32.2. The topological polar surface area (TPSA) is 21.3 Å². The van der Waals surface area contributed by atoms with E-state index in [1.807, 2.05) is 11.8 Å². The Morgan fingerprint density at radius 3 is 2.70 bits per heavy atom. The molecule has 1 unspecified atom stereocenters. The van der Waals surface area contributed by atoms with Crippen LogP contribution >= 0.6 is 11.8 Å². The molecule has 2 rings (SSSR count). The van der Waals surface area contributed by atoms with Gasteiger partial charge in [0.1, 0.15) is 0 Å². The molecule has 0 aliphatic carbocycles. The monoisotopic (exact) mass is 293 g/mol. The second-order valence-electron chi connectivity index (χ2n) is 5.57. The lowest BCUT2D eigenvalue weighted by atomic mass is 9.93. The lowest BCUT2D eigenvalue weighted by Crippen LogP contribution is -2.35. The van der Waals surface area contributed by atoms with Crippen LogP contribution in [0.3, 0.4) is 0 Å². The maximum atomic E-state index is 5.47. The average molecular weight is 293 g/mol. The molecule has 1 N–H and O–H groups in total. The Morgan fingerprint density at radius 2 is 2.00 bits per heavy atom. The lowest BCUT2D eigenvalue weighted by Gasteiger charge is -2.27. The maximum Gasteiger partial charge on any atom is 0.0468 e. The zero-order chi connectivity index (χ0) is 14.0. The standard InChI is InChI=1S/C17H27NOS/c1-2-10-18-16(13-15-8-11-19-12-9-15)14-20-17-6-4-3-5-7-17/h3-7,15-16,18H,2,8-14H2,1H3. The summed E-state index contributed by atoms with van der Waals surface area (Å²) in [5.41, 5.74) is 0. The summed E-state index contributed by atoms with van der Waals surface area (Å²) in [5.74, 6) is 2.01. The summed E-state index contributed by atoms with van der Waals surface area (Å²) in [5, 5.41) is 3.73. The smallest absolute Gasteiger partial charge is 0.0468 e. The van der Waals surface area contributed by atoms with Crippen molar-refractivity contribution in [1.82, 2.24) is 5.32 Å². The molecule has 1 heterocycles. The molecule has 1 aromatic rings. The summed E-state index contributed by atoms with van der Waals surface area (Å²) in [6, 6.07) is 11.4. The van der Waals surface area contributed by atoms with Crippen molar-refractivity contribution in [2.75, 3.05) is 25.5 Å². The number of benzene rings is 1. The van der Waals surface area contributed by atoms with E-state index in [-0.39, 0.29) is 0 Å². The summed E-state index contributed by atoms with van der Waals surface area (Å²) in [6.07, 6.45) is 4.98. The fourth-order valence-corrected chi connectivity index (χ4v) is 3.65. The summed E-state index contributed by atoms with van der Waals surface area (Å²) < 4.78 is 5.47. The maximum absolute atomic E-state index is 5.47. The molecule has 0 radical (unpaired) electrons. The minimum absolute atomic E-state index is 0.628. The fourth-order valence-electron chi connectivity index (χ4n) is 2.66. The van der Waals surface area contributed by atoms with Crippen LogP contribution in [0.25, 0.3) is 0 Å². The van der Waals surface area contributed by atoms with Crippen molar-refractivity contribution in [3.8, 4) is 0 Å². The number of thioether (sulfide) groups is 1. The van der Waals surface area contributed by atoms with Crippen LogP contribution in [0.2, 0.25) is 0 Å². The Hall–Kier alpha value is -0.510. The van der Waals surface area contributed by atoms with E-state index in [4.69, 9.17) is 4.74 Å². The summed E-state index contributed by atoms with van der Waals surface area (Å²) in [7, 11) is 0. The van der Waals surface area contributed by atoms with Crippen molar-refractivity contribution in [2.24, 2.45) is 5.92 Å². The number of nitrogens with one attached hydrogen (secondary N) is 1. The molecule has 0 bridgehead atoms. The second kappa shape index (κ2) is 9.43. The van der Waals surface area contributed by atoms with Gasteiger partial charge < -0.3 is 10.1 Å². The highest BCUT2D eigenvalue weighted by Crippen LogP contribution is 2.24. The molecule has 1 saturated heterocycles. The molecule has 0 saturated carbocycles. The van der Waals surface area contributed by atoms with Crippen LogP contribution in [0.15, 0.2) is 35.2 Å². The molecule has 0 aromatic heterocycles. The van der Waals surface area contributed by atoms with Crippen LogP contribution < -0.4 is 5.32 Å². The highest BCUT2D eigenvalue weighted by Gasteiger charge is 2.19. The van der Waals surface area contributed by atoms with Gasteiger partial charge in [-0.15, -0.1) is 11.8 Å². The molecule has 1 aromatic carbocycles. The van der Waals surface area contributed by atoms with Gasteiger partial charge in [-0.2, -0.15) is 0 Å². The summed E-state index contributed by atoms with van der Waals surface area (Å²) in [6.45, 7) is 5.28. The third kappa shape index (κ3) is 5.86. The van der Waals surface area contributed by atoms with Crippen LogP contribution in [0.4, 0.5) is 0 Å². The average Bonchev–Trinajstić information content (AvgIpc) is 2.52. The third-order valence-electron chi connectivity index (χ3n) is 3.84. The van der Waals surface area contributed by atoms with E-state index in [1.54, 1.807) is 0 Å². The van der Waals surface area contributed by atoms with Crippen LogP contribution in [-0.4, -0.2) is 31.6 Å². The Balaban J connectivity index is 1.79. The number of hydrogen-bond acceptors (Lipinski definition) is 3. The van der Waals surface area contributed by atoms with Gasteiger partial charge in [-0.05, 0) is 50.3 Å². The van der Waals surface area contributed by atoms with Gasteiger partial charge in [0.2, 0.25) is 0 Å². The largest absolute Gasteiger partial charge is 0.381 e. The molecule has 1 aliphatic rings. The first kappa shape index (κ1) is 15.9. The van der Waals surface area contributed by atoms with Gasteiger partial charge in [0.25, 0.3) is 0 Å². The van der Waals surface area contributed by atoms with Crippen LogP contribution in [0.1, 0.15) is 32.6 Å². The number of hydrogen-bond donors (Lipinski definition) is 1. The van der Waals surface area contributed by atoms with Crippen molar-refractivity contribution in [3.63, 3.8) is 0 Å². The van der Waals surface area contributed by atoms with Crippen molar-refractivity contribution >= 4 is 11.8 Å². The zero-order valence-electron chi connectivity index (χ0n) is 12.5. The highest BCUT2D eigenvalue weighted by molar-refractivity contribution is 7.99. The summed E-state index contributed by atoms with van der Waals surface area (Å²) >= 11 is 1.97. The molecule has 0 amide bonds. The van der Waals surface area contributed by atoms with E-state index in [1.165, 1.54) is 36.3 Å². The molecule has 1 aliphatic heterocycles. The van der Waals surface area contributed by atoms with Crippen molar-refractivity contribution in [3.05, 3.63) is 30.3 Å². The second-order valence-corrected chi connectivity index (χ2v) is 6.66. The third-order valence-corrected chi connectivity index (χ3v) is 5.01. The minimum Gasteiger partial charge on any atom is -0.381 e. The van der Waals surface area contributed by atoms with Crippen LogP contribution in [0.5, 0.6) is 0 Å². The van der Waals surface area contributed by atoms with E-state index in [0.717, 1.165) is 25.7 Å². The van der Waals surface area contributed by atoms with Gasteiger partial charge in [-0.3, -0.25) is 0 Å². The predicted octanol–water partition coefficient (Wildman–Crippen LogP) is 3.96. The Labute approximate surface area is 127 Å². The molecular weight excluding hydrogens is 266 g/mol. The van der Waals surface area contributed by atoms with Crippen molar-refractivity contribution in [1.29, 1.82) is 0 Å². The minimum atomic E-state index is 0.628. The van der Waals surface area contributed by atoms with Crippen LogP contribution in [0, 0.1) is 5.92 Å².